The van der Waals surface area contributed by atoms with Crippen LogP contribution in [0.5, 0.6) is 5.75 Å². The van der Waals surface area contributed by atoms with Crippen LogP contribution in [0.4, 0.5) is 13.2 Å². The van der Waals surface area contributed by atoms with Gasteiger partial charge >= 0.3 is 6.18 Å². The molecule has 142 valence electrons. The fraction of sp³-hybridized carbons (Fsp3) is 0.400. The van der Waals surface area contributed by atoms with Crippen molar-refractivity contribution in [3.63, 3.8) is 0 Å². The second-order valence-corrected chi connectivity index (χ2v) is 7.20. The van der Waals surface area contributed by atoms with Crippen LogP contribution in [0.3, 0.4) is 0 Å². The molecule has 3 nitrogen and oxygen atoms in total. The largest absolute Gasteiger partial charge is 0.491 e. The summed E-state index contributed by atoms with van der Waals surface area (Å²) in [7, 11) is 0. The lowest BCUT2D eigenvalue weighted by molar-refractivity contribution is -0.137. The van der Waals surface area contributed by atoms with E-state index in [0.717, 1.165) is 17.7 Å². The minimum Gasteiger partial charge on any atom is -0.491 e. The standard InChI is InChI=1S/C20H24F3NO2/c1-19(2,3)24-12-17(25)13-26-18-10-6-15(7-11-18)14-4-8-16(9-5-14)20(21,22)23/h4-11,17,24-25H,12-13H2,1-3H3. The Bertz CT molecular complexity index is 689. The topological polar surface area (TPSA) is 41.5 Å². The summed E-state index contributed by atoms with van der Waals surface area (Å²) < 4.78 is 43.4. The normalized spacial score (nSPS) is 13.5. The lowest BCUT2D eigenvalue weighted by atomic mass is 10.0. The van der Waals surface area contributed by atoms with Gasteiger partial charge in [0.15, 0.2) is 0 Å². The zero-order valence-corrected chi connectivity index (χ0v) is 15.1. The summed E-state index contributed by atoms with van der Waals surface area (Å²) in [6, 6.07) is 12.0. The first-order valence-electron chi connectivity index (χ1n) is 8.38. The van der Waals surface area contributed by atoms with Crippen LogP contribution in [0.2, 0.25) is 0 Å². The van der Waals surface area contributed by atoms with E-state index in [9.17, 15) is 18.3 Å². The number of nitrogens with one attached hydrogen (secondary N) is 1. The van der Waals surface area contributed by atoms with E-state index >= 15 is 0 Å². The molecule has 0 saturated carbocycles. The molecule has 0 heterocycles. The van der Waals surface area contributed by atoms with Gasteiger partial charge in [-0.05, 0) is 56.2 Å². The van der Waals surface area contributed by atoms with Gasteiger partial charge < -0.3 is 15.2 Å². The van der Waals surface area contributed by atoms with Gasteiger partial charge in [0.25, 0.3) is 0 Å². The van der Waals surface area contributed by atoms with Crippen LogP contribution in [0.1, 0.15) is 26.3 Å². The zero-order chi connectivity index (χ0) is 19.4. The molecule has 2 aromatic rings. The summed E-state index contributed by atoms with van der Waals surface area (Å²) in [5.74, 6) is 0.593. The van der Waals surface area contributed by atoms with Gasteiger partial charge in [-0.1, -0.05) is 24.3 Å². The number of benzene rings is 2. The quantitative estimate of drug-likeness (QED) is 0.790. The molecule has 0 aliphatic heterocycles. The lowest BCUT2D eigenvalue weighted by Crippen LogP contribution is -2.42. The molecule has 26 heavy (non-hydrogen) atoms. The number of alkyl halides is 3. The maximum atomic E-state index is 12.6. The minimum atomic E-state index is -4.33. The Kier molecular flexibility index (Phi) is 6.31. The lowest BCUT2D eigenvalue weighted by Gasteiger charge is -2.23. The van der Waals surface area contributed by atoms with Crippen LogP contribution in [0.25, 0.3) is 11.1 Å². The number of β-amino-alcohol motifs (C(OH)–C–C–N with tert-alkyl or cyclic N) is 1. The molecule has 1 unspecified atom stereocenters. The number of aliphatic hydroxyl groups is 1. The van der Waals surface area contributed by atoms with E-state index in [2.05, 4.69) is 5.32 Å². The van der Waals surface area contributed by atoms with Crippen molar-refractivity contribution in [1.29, 1.82) is 0 Å². The van der Waals surface area contributed by atoms with E-state index in [-0.39, 0.29) is 12.1 Å². The molecule has 0 spiro atoms. The van der Waals surface area contributed by atoms with Crippen LogP contribution in [-0.4, -0.2) is 29.9 Å². The Morgan fingerprint density at radius 2 is 1.42 bits per heavy atom. The fourth-order valence-electron chi connectivity index (χ4n) is 2.27. The van der Waals surface area contributed by atoms with Crippen molar-refractivity contribution in [3.05, 3.63) is 54.1 Å². The minimum absolute atomic E-state index is 0.0791. The van der Waals surface area contributed by atoms with Gasteiger partial charge in [0.05, 0.1) is 5.56 Å². The summed E-state index contributed by atoms with van der Waals surface area (Å²) in [5, 5.41) is 13.1. The fourth-order valence-corrected chi connectivity index (χ4v) is 2.27. The van der Waals surface area contributed by atoms with Gasteiger partial charge in [-0.15, -0.1) is 0 Å². The van der Waals surface area contributed by atoms with Crippen molar-refractivity contribution >= 4 is 0 Å². The number of ether oxygens (including phenoxy) is 1. The molecule has 0 aliphatic rings. The van der Waals surface area contributed by atoms with Crippen LogP contribution < -0.4 is 10.1 Å². The molecule has 0 fully saturated rings. The van der Waals surface area contributed by atoms with Gasteiger partial charge in [-0.3, -0.25) is 0 Å². The third kappa shape index (κ3) is 6.35. The molecular formula is C20H24F3NO2. The van der Waals surface area contributed by atoms with E-state index in [0.29, 0.717) is 17.9 Å². The molecule has 0 radical (unpaired) electrons. The van der Waals surface area contributed by atoms with E-state index in [1.807, 2.05) is 20.8 Å². The predicted molar refractivity (Wildman–Crippen MR) is 96.1 cm³/mol. The number of hydrogen-bond acceptors (Lipinski definition) is 3. The maximum Gasteiger partial charge on any atom is 0.416 e. The number of rotatable bonds is 6. The molecular weight excluding hydrogens is 343 g/mol. The first-order valence-corrected chi connectivity index (χ1v) is 8.38. The first kappa shape index (κ1) is 20.3. The molecule has 6 heteroatoms. The molecule has 0 amide bonds. The van der Waals surface area contributed by atoms with Crippen molar-refractivity contribution in [2.75, 3.05) is 13.2 Å². The van der Waals surface area contributed by atoms with E-state index in [1.165, 1.54) is 12.1 Å². The molecule has 2 rings (SSSR count). The van der Waals surface area contributed by atoms with Crippen molar-refractivity contribution in [3.8, 4) is 16.9 Å². The number of hydrogen-bond donors (Lipinski definition) is 2. The van der Waals surface area contributed by atoms with Crippen molar-refractivity contribution in [2.24, 2.45) is 0 Å². The van der Waals surface area contributed by atoms with Crippen LogP contribution >= 0.6 is 0 Å². The molecule has 0 bridgehead atoms. The summed E-state index contributed by atoms with van der Waals surface area (Å²) >= 11 is 0. The highest BCUT2D eigenvalue weighted by atomic mass is 19.4. The Labute approximate surface area is 151 Å². The Hall–Kier alpha value is -2.05. The van der Waals surface area contributed by atoms with E-state index in [4.69, 9.17) is 4.74 Å². The van der Waals surface area contributed by atoms with Crippen molar-refractivity contribution in [2.45, 2.75) is 38.6 Å². The average Bonchev–Trinajstić information content (AvgIpc) is 2.57. The maximum absolute atomic E-state index is 12.6. The molecule has 0 aromatic heterocycles. The Morgan fingerprint density at radius 3 is 1.88 bits per heavy atom. The van der Waals surface area contributed by atoms with E-state index in [1.54, 1.807) is 24.3 Å². The third-order valence-electron chi connectivity index (χ3n) is 3.71. The highest BCUT2D eigenvalue weighted by molar-refractivity contribution is 5.64. The molecule has 1 atom stereocenters. The monoisotopic (exact) mass is 367 g/mol. The second-order valence-electron chi connectivity index (χ2n) is 7.20. The van der Waals surface area contributed by atoms with Crippen LogP contribution in [0, 0.1) is 0 Å². The van der Waals surface area contributed by atoms with Gasteiger partial charge in [0, 0.05) is 12.1 Å². The van der Waals surface area contributed by atoms with E-state index < -0.39 is 17.8 Å². The van der Waals surface area contributed by atoms with Gasteiger partial charge in [0.1, 0.15) is 18.5 Å². The summed E-state index contributed by atoms with van der Waals surface area (Å²) in [6.45, 7) is 6.62. The van der Waals surface area contributed by atoms with Gasteiger partial charge in [-0.25, -0.2) is 0 Å². The summed E-state index contributed by atoms with van der Waals surface area (Å²) in [4.78, 5) is 0. The SMILES string of the molecule is CC(C)(C)NCC(O)COc1ccc(-c2ccc(C(F)(F)F)cc2)cc1. The second kappa shape index (κ2) is 8.10. The average molecular weight is 367 g/mol. The predicted octanol–water partition coefficient (Wildman–Crippen LogP) is 4.50. The van der Waals surface area contributed by atoms with Gasteiger partial charge in [0.2, 0.25) is 0 Å². The first-order chi connectivity index (χ1) is 12.0. The zero-order valence-electron chi connectivity index (χ0n) is 15.1. The van der Waals surface area contributed by atoms with Crippen molar-refractivity contribution in [1.82, 2.24) is 5.32 Å². The van der Waals surface area contributed by atoms with Crippen LogP contribution in [-0.2, 0) is 6.18 Å². The van der Waals surface area contributed by atoms with Crippen LogP contribution in [0.15, 0.2) is 48.5 Å². The smallest absolute Gasteiger partial charge is 0.416 e. The summed E-state index contributed by atoms with van der Waals surface area (Å²) in [5.41, 5.74) is 0.739. The Balaban J connectivity index is 1.92. The Morgan fingerprint density at radius 1 is 0.923 bits per heavy atom. The number of halogens is 3. The van der Waals surface area contributed by atoms with Gasteiger partial charge in [-0.2, -0.15) is 13.2 Å². The summed E-state index contributed by atoms with van der Waals surface area (Å²) in [6.07, 6.45) is -4.97. The van der Waals surface area contributed by atoms with Crippen molar-refractivity contribution < 1.29 is 23.0 Å². The molecule has 0 saturated heterocycles. The third-order valence-corrected chi connectivity index (χ3v) is 3.71. The highest BCUT2D eigenvalue weighted by Crippen LogP contribution is 2.31. The number of aliphatic hydroxyl groups excluding tert-OH is 1. The molecule has 2 aromatic carbocycles. The molecule has 2 N–H and O–H groups in total. The highest BCUT2D eigenvalue weighted by Gasteiger charge is 2.29. The molecule has 0 aliphatic carbocycles.